The van der Waals surface area contributed by atoms with Crippen molar-refractivity contribution in [1.82, 2.24) is 0 Å². The molecule has 0 spiro atoms. The molecule has 1 heterocycles. The summed E-state index contributed by atoms with van der Waals surface area (Å²) in [5, 5.41) is 1.28. The number of pyridine rings is 1. The van der Waals surface area contributed by atoms with E-state index in [2.05, 4.69) is 88.5 Å². The number of fused-ring (bicyclic) bond motifs is 1. The molecule has 0 amide bonds. The van der Waals surface area contributed by atoms with E-state index < -0.39 is 10.4 Å². The molecule has 0 N–H and O–H groups in total. The minimum Gasteiger partial charge on any atom is -0.726 e. The first kappa shape index (κ1) is 20.8. The third-order valence-corrected chi connectivity index (χ3v) is 4.32. The molecule has 0 bridgehead atoms. The van der Waals surface area contributed by atoms with Gasteiger partial charge in [0.05, 0.1) is 6.61 Å². The molecule has 0 aliphatic heterocycles. The number of aromatic nitrogens is 1. The van der Waals surface area contributed by atoms with Crippen molar-refractivity contribution in [2.45, 2.75) is 20.4 Å². The lowest BCUT2D eigenvalue weighted by Gasteiger charge is -2.02. The van der Waals surface area contributed by atoms with E-state index >= 15 is 0 Å². The van der Waals surface area contributed by atoms with Crippen LogP contribution in [0.2, 0.25) is 0 Å². The second-order valence-electron chi connectivity index (χ2n) is 5.62. The summed E-state index contributed by atoms with van der Waals surface area (Å²) in [6.45, 7) is 4.49. The molecule has 6 heteroatoms. The number of aryl methyl sites for hydroxylation is 1. The fraction of sp³-hybridized carbons (Fsp3) is 0.190. The van der Waals surface area contributed by atoms with Crippen LogP contribution in [-0.2, 0) is 21.1 Å². The van der Waals surface area contributed by atoms with Gasteiger partial charge in [0, 0.05) is 23.6 Å². The van der Waals surface area contributed by atoms with Gasteiger partial charge in [-0.2, -0.15) is 4.57 Å². The lowest BCUT2D eigenvalue weighted by molar-refractivity contribution is -0.669. The molecule has 0 unspecified atom stereocenters. The molecule has 2 aromatic carbocycles. The molecule has 0 radical (unpaired) electrons. The molecule has 0 saturated carbocycles. The van der Waals surface area contributed by atoms with E-state index in [4.69, 9.17) is 0 Å². The Labute approximate surface area is 160 Å². The van der Waals surface area contributed by atoms with E-state index in [-0.39, 0.29) is 6.61 Å². The second kappa shape index (κ2) is 9.97. The molecule has 142 valence electrons. The van der Waals surface area contributed by atoms with E-state index in [9.17, 15) is 13.0 Å². The van der Waals surface area contributed by atoms with Gasteiger partial charge in [0.15, 0.2) is 0 Å². The van der Waals surface area contributed by atoms with Crippen molar-refractivity contribution in [2.24, 2.45) is 0 Å². The summed E-state index contributed by atoms with van der Waals surface area (Å²) in [5.41, 5.74) is 3.74. The molecule has 0 fully saturated rings. The standard InChI is InChI=1S/C19H18N.C2H6O4S/c1-2-20-18(14-12-16-8-4-3-5-9-16)15-13-17-10-6-7-11-19(17)20;1-2-6-7(3,4)5/h3-15H,2H2,1H3;2H2,1H3,(H,3,4,5)/q+1;/p-1. The number of hydrogen-bond acceptors (Lipinski definition) is 4. The Hall–Kier alpha value is -2.54. The summed E-state index contributed by atoms with van der Waals surface area (Å²) in [5.74, 6) is 0. The fourth-order valence-corrected chi connectivity index (χ4v) is 2.96. The highest BCUT2D eigenvalue weighted by atomic mass is 32.3. The third-order valence-electron chi connectivity index (χ3n) is 3.80. The van der Waals surface area contributed by atoms with Crippen molar-refractivity contribution in [3.8, 4) is 0 Å². The predicted octanol–water partition coefficient (Wildman–Crippen LogP) is 3.80. The first-order valence-electron chi connectivity index (χ1n) is 8.69. The highest BCUT2D eigenvalue weighted by Gasteiger charge is 2.10. The molecule has 1 aromatic heterocycles. The number of hydrogen-bond donors (Lipinski definition) is 0. The molecule has 0 atom stereocenters. The number of nitrogens with zero attached hydrogens (tertiary/aromatic N) is 1. The SMILES string of the molecule is CCOS(=O)(=O)[O-].CC[n+]1c(C=Cc2ccccc2)ccc2ccccc21. The third kappa shape index (κ3) is 6.60. The van der Waals surface area contributed by atoms with Gasteiger partial charge in [-0.1, -0.05) is 42.5 Å². The van der Waals surface area contributed by atoms with Crippen molar-refractivity contribution in [3.05, 3.63) is 78.0 Å². The zero-order valence-electron chi connectivity index (χ0n) is 15.4. The van der Waals surface area contributed by atoms with Gasteiger partial charge in [-0.25, -0.2) is 8.42 Å². The van der Waals surface area contributed by atoms with Crippen LogP contribution in [0.5, 0.6) is 0 Å². The zero-order chi connectivity index (χ0) is 19.7. The summed E-state index contributed by atoms with van der Waals surface area (Å²) in [4.78, 5) is 0. The Bertz CT molecular complexity index is 999. The van der Waals surface area contributed by atoms with Crippen LogP contribution in [0.3, 0.4) is 0 Å². The van der Waals surface area contributed by atoms with Gasteiger partial charge in [-0.3, -0.25) is 4.18 Å². The zero-order valence-corrected chi connectivity index (χ0v) is 16.2. The molecule has 5 nitrogen and oxygen atoms in total. The summed E-state index contributed by atoms with van der Waals surface area (Å²) < 4.78 is 34.3. The maximum atomic E-state index is 9.45. The Morgan fingerprint density at radius 1 is 0.926 bits per heavy atom. The van der Waals surface area contributed by atoms with E-state index in [0.29, 0.717) is 0 Å². The maximum absolute atomic E-state index is 9.45. The van der Waals surface area contributed by atoms with Crippen LogP contribution in [0.4, 0.5) is 0 Å². The van der Waals surface area contributed by atoms with Gasteiger partial charge >= 0.3 is 0 Å². The average Bonchev–Trinajstić information content (AvgIpc) is 2.66. The van der Waals surface area contributed by atoms with E-state index in [1.165, 1.54) is 29.1 Å². The Balaban J connectivity index is 0.000000321. The van der Waals surface area contributed by atoms with Crippen molar-refractivity contribution in [3.63, 3.8) is 0 Å². The summed E-state index contributed by atoms with van der Waals surface area (Å²) >= 11 is 0. The average molecular weight is 385 g/mol. The monoisotopic (exact) mass is 385 g/mol. The van der Waals surface area contributed by atoms with Crippen LogP contribution in [0.15, 0.2) is 66.7 Å². The van der Waals surface area contributed by atoms with Crippen molar-refractivity contribution in [1.29, 1.82) is 0 Å². The molecule has 27 heavy (non-hydrogen) atoms. The number of rotatable bonds is 5. The van der Waals surface area contributed by atoms with Crippen molar-refractivity contribution >= 4 is 33.5 Å². The molecule has 3 aromatic rings. The van der Waals surface area contributed by atoms with Crippen LogP contribution in [0.1, 0.15) is 25.1 Å². The largest absolute Gasteiger partial charge is 0.726 e. The van der Waals surface area contributed by atoms with Gasteiger partial charge in [0.2, 0.25) is 21.6 Å². The Morgan fingerprint density at radius 3 is 2.19 bits per heavy atom. The first-order valence-corrected chi connectivity index (χ1v) is 10.0. The van der Waals surface area contributed by atoms with Crippen LogP contribution in [0, 0.1) is 0 Å². The highest BCUT2D eigenvalue weighted by molar-refractivity contribution is 7.80. The topological polar surface area (TPSA) is 70.3 Å². The number of benzene rings is 2. The van der Waals surface area contributed by atoms with Gasteiger partial charge in [0.25, 0.3) is 0 Å². The van der Waals surface area contributed by atoms with Crippen molar-refractivity contribution < 1.29 is 21.7 Å². The summed E-state index contributed by atoms with van der Waals surface area (Å²) in [6.07, 6.45) is 4.35. The molecular formula is C21H23NO4S. The molecule has 0 aliphatic rings. The number of para-hydroxylation sites is 1. The minimum absolute atomic E-state index is 0.0914. The first-order chi connectivity index (χ1) is 12.9. The Kier molecular flexibility index (Phi) is 7.67. The van der Waals surface area contributed by atoms with E-state index in [0.717, 1.165) is 6.54 Å². The second-order valence-corrected chi connectivity index (χ2v) is 6.67. The molecule has 0 saturated heterocycles. The van der Waals surface area contributed by atoms with Gasteiger partial charge < -0.3 is 4.55 Å². The van der Waals surface area contributed by atoms with Crippen LogP contribution >= 0.6 is 0 Å². The van der Waals surface area contributed by atoms with E-state index in [1.807, 2.05) is 6.07 Å². The molecule has 3 rings (SSSR count). The minimum atomic E-state index is -4.42. The normalized spacial score (nSPS) is 11.4. The van der Waals surface area contributed by atoms with Crippen molar-refractivity contribution in [2.75, 3.05) is 6.61 Å². The summed E-state index contributed by atoms with van der Waals surface area (Å²) in [6, 6.07) is 23.3. The van der Waals surface area contributed by atoms with Gasteiger partial charge in [-0.05, 0) is 37.6 Å². The molecule has 0 aliphatic carbocycles. The highest BCUT2D eigenvalue weighted by Crippen LogP contribution is 2.12. The van der Waals surface area contributed by atoms with E-state index in [1.54, 1.807) is 0 Å². The lowest BCUT2D eigenvalue weighted by Crippen LogP contribution is -2.36. The predicted molar refractivity (Wildman–Crippen MR) is 107 cm³/mol. The quantitative estimate of drug-likeness (QED) is 0.380. The lowest BCUT2D eigenvalue weighted by atomic mass is 10.1. The fourth-order valence-electron chi connectivity index (χ4n) is 2.67. The Morgan fingerprint density at radius 2 is 1.59 bits per heavy atom. The van der Waals surface area contributed by atoms with Gasteiger partial charge in [-0.15, -0.1) is 0 Å². The summed E-state index contributed by atoms with van der Waals surface area (Å²) in [7, 11) is -4.42. The van der Waals surface area contributed by atoms with Crippen LogP contribution < -0.4 is 4.57 Å². The van der Waals surface area contributed by atoms with Crippen LogP contribution in [-0.4, -0.2) is 19.6 Å². The maximum Gasteiger partial charge on any atom is 0.217 e. The molecular weight excluding hydrogens is 362 g/mol. The smallest absolute Gasteiger partial charge is 0.217 e. The van der Waals surface area contributed by atoms with Crippen LogP contribution in [0.25, 0.3) is 23.1 Å². The van der Waals surface area contributed by atoms with Gasteiger partial charge in [0.1, 0.15) is 6.54 Å².